The third kappa shape index (κ3) is 6.03. The van der Waals surface area contributed by atoms with E-state index in [-0.39, 0.29) is 5.60 Å². The molecule has 1 N–H and O–H groups in total. The van der Waals surface area contributed by atoms with E-state index >= 15 is 0 Å². The van der Waals surface area contributed by atoms with E-state index in [0.717, 1.165) is 24.3 Å². The molecule has 0 aliphatic heterocycles. The number of hydrogen-bond donors (Lipinski definition) is 1. The highest BCUT2D eigenvalue weighted by molar-refractivity contribution is 5.29. The van der Waals surface area contributed by atoms with Crippen LogP contribution in [0, 0.1) is 0 Å². The van der Waals surface area contributed by atoms with Crippen LogP contribution in [0.3, 0.4) is 0 Å². The summed E-state index contributed by atoms with van der Waals surface area (Å²) in [4.78, 5) is 4.15. The first-order valence-electron chi connectivity index (χ1n) is 6.79. The van der Waals surface area contributed by atoms with Gasteiger partial charge < -0.3 is 14.8 Å². The zero-order valence-electron chi connectivity index (χ0n) is 12.7. The SMILES string of the molecule is COC(C)(C)CCOc1ccncc1CNC(C)C. The van der Waals surface area contributed by atoms with Crippen molar-refractivity contribution in [2.75, 3.05) is 13.7 Å². The van der Waals surface area contributed by atoms with Gasteiger partial charge >= 0.3 is 0 Å². The monoisotopic (exact) mass is 266 g/mol. The molecule has 0 amide bonds. The highest BCUT2D eigenvalue weighted by Crippen LogP contribution is 2.19. The Hall–Kier alpha value is -1.13. The molecule has 19 heavy (non-hydrogen) atoms. The number of ether oxygens (including phenoxy) is 2. The van der Waals surface area contributed by atoms with Gasteiger partial charge in [-0.25, -0.2) is 0 Å². The molecule has 0 aliphatic carbocycles. The van der Waals surface area contributed by atoms with Gasteiger partial charge in [0, 0.05) is 44.1 Å². The van der Waals surface area contributed by atoms with Crippen LogP contribution in [0.1, 0.15) is 39.7 Å². The molecule has 0 aliphatic rings. The van der Waals surface area contributed by atoms with Crippen molar-refractivity contribution in [3.05, 3.63) is 24.0 Å². The van der Waals surface area contributed by atoms with Crippen LogP contribution in [-0.2, 0) is 11.3 Å². The molecular weight excluding hydrogens is 240 g/mol. The summed E-state index contributed by atoms with van der Waals surface area (Å²) in [7, 11) is 1.73. The van der Waals surface area contributed by atoms with Crippen LogP contribution in [0.25, 0.3) is 0 Å². The lowest BCUT2D eigenvalue weighted by molar-refractivity contribution is 0.00536. The van der Waals surface area contributed by atoms with Crippen LogP contribution < -0.4 is 10.1 Å². The van der Waals surface area contributed by atoms with Crippen molar-refractivity contribution < 1.29 is 9.47 Å². The van der Waals surface area contributed by atoms with E-state index in [0.29, 0.717) is 12.6 Å². The second kappa shape index (κ2) is 7.46. The number of nitrogens with zero attached hydrogens (tertiary/aromatic N) is 1. The van der Waals surface area contributed by atoms with Gasteiger partial charge in [0.05, 0.1) is 12.2 Å². The molecule has 0 saturated heterocycles. The minimum Gasteiger partial charge on any atom is -0.493 e. The number of rotatable bonds is 8. The zero-order chi connectivity index (χ0) is 14.3. The molecular formula is C15H26N2O2. The van der Waals surface area contributed by atoms with Gasteiger partial charge in [-0.2, -0.15) is 0 Å². The van der Waals surface area contributed by atoms with E-state index in [1.165, 1.54) is 0 Å². The van der Waals surface area contributed by atoms with E-state index in [1.54, 1.807) is 13.3 Å². The van der Waals surface area contributed by atoms with Crippen LogP contribution in [-0.4, -0.2) is 30.3 Å². The smallest absolute Gasteiger partial charge is 0.126 e. The zero-order valence-corrected chi connectivity index (χ0v) is 12.7. The maximum atomic E-state index is 5.85. The van der Waals surface area contributed by atoms with Crippen LogP contribution in [0.5, 0.6) is 5.75 Å². The molecule has 1 aromatic heterocycles. The summed E-state index contributed by atoms with van der Waals surface area (Å²) in [6, 6.07) is 2.36. The minimum atomic E-state index is -0.149. The highest BCUT2D eigenvalue weighted by Gasteiger charge is 2.16. The Bertz CT molecular complexity index is 378. The molecule has 0 unspecified atom stereocenters. The average Bonchev–Trinajstić information content (AvgIpc) is 2.37. The second-order valence-electron chi connectivity index (χ2n) is 5.58. The van der Waals surface area contributed by atoms with Crippen molar-refractivity contribution in [3.63, 3.8) is 0 Å². The van der Waals surface area contributed by atoms with Gasteiger partial charge in [-0.15, -0.1) is 0 Å². The van der Waals surface area contributed by atoms with Crippen molar-refractivity contribution >= 4 is 0 Å². The van der Waals surface area contributed by atoms with Crippen LogP contribution in [0.4, 0.5) is 0 Å². The number of methoxy groups -OCH3 is 1. The molecule has 108 valence electrons. The summed E-state index contributed by atoms with van der Waals surface area (Å²) >= 11 is 0. The Balaban J connectivity index is 2.53. The van der Waals surface area contributed by atoms with Crippen LogP contribution >= 0.6 is 0 Å². The first-order valence-corrected chi connectivity index (χ1v) is 6.79. The van der Waals surface area contributed by atoms with E-state index in [2.05, 4.69) is 38.0 Å². The quantitative estimate of drug-likeness (QED) is 0.785. The molecule has 1 rings (SSSR count). The molecule has 0 saturated carbocycles. The largest absolute Gasteiger partial charge is 0.493 e. The number of hydrogen-bond acceptors (Lipinski definition) is 4. The van der Waals surface area contributed by atoms with Crippen molar-refractivity contribution in [2.45, 2.75) is 52.3 Å². The van der Waals surface area contributed by atoms with Crippen LogP contribution in [0.2, 0.25) is 0 Å². The highest BCUT2D eigenvalue weighted by atomic mass is 16.5. The molecule has 0 atom stereocenters. The van der Waals surface area contributed by atoms with Gasteiger partial charge in [0.15, 0.2) is 0 Å². The summed E-state index contributed by atoms with van der Waals surface area (Å²) in [5.41, 5.74) is 0.940. The lowest BCUT2D eigenvalue weighted by Gasteiger charge is -2.23. The molecule has 0 radical (unpaired) electrons. The predicted molar refractivity (Wildman–Crippen MR) is 77.4 cm³/mol. The van der Waals surface area contributed by atoms with Crippen molar-refractivity contribution in [1.29, 1.82) is 0 Å². The van der Waals surface area contributed by atoms with Gasteiger partial charge in [0.2, 0.25) is 0 Å². The molecule has 0 spiro atoms. The maximum Gasteiger partial charge on any atom is 0.126 e. The fourth-order valence-electron chi connectivity index (χ4n) is 1.51. The molecule has 1 aromatic rings. The Labute approximate surface area is 116 Å². The molecule has 4 heteroatoms. The molecule has 0 aromatic carbocycles. The fourth-order valence-corrected chi connectivity index (χ4v) is 1.51. The molecule has 4 nitrogen and oxygen atoms in total. The average molecular weight is 266 g/mol. The predicted octanol–water partition coefficient (Wildman–Crippen LogP) is 2.77. The number of nitrogens with one attached hydrogen (secondary N) is 1. The molecule has 1 heterocycles. The standard InChI is InChI=1S/C15H26N2O2/c1-12(2)17-11-13-10-16-8-6-14(13)19-9-7-15(3,4)18-5/h6,8,10,12,17H,7,9,11H2,1-5H3. The number of pyridine rings is 1. The summed E-state index contributed by atoms with van der Waals surface area (Å²) < 4.78 is 11.2. The van der Waals surface area contributed by atoms with Gasteiger partial charge in [0.25, 0.3) is 0 Å². The Kier molecular flexibility index (Phi) is 6.25. The van der Waals surface area contributed by atoms with E-state index < -0.39 is 0 Å². The Morgan fingerprint density at radius 1 is 1.37 bits per heavy atom. The molecule has 0 fully saturated rings. The van der Waals surface area contributed by atoms with Gasteiger partial charge in [-0.05, 0) is 19.9 Å². The third-order valence-electron chi connectivity index (χ3n) is 3.07. The van der Waals surface area contributed by atoms with Crippen molar-refractivity contribution in [1.82, 2.24) is 10.3 Å². The van der Waals surface area contributed by atoms with E-state index in [4.69, 9.17) is 9.47 Å². The lowest BCUT2D eigenvalue weighted by atomic mass is 10.1. The minimum absolute atomic E-state index is 0.149. The topological polar surface area (TPSA) is 43.4 Å². The van der Waals surface area contributed by atoms with E-state index in [1.807, 2.05) is 12.3 Å². The lowest BCUT2D eigenvalue weighted by Crippen LogP contribution is -2.25. The van der Waals surface area contributed by atoms with Gasteiger partial charge in [-0.1, -0.05) is 13.8 Å². The first kappa shape index (κ1) is 15.9. The van der Waals surface area contributed by atoms with Crippen molar-refractivity contribution in [3.8, 4) is 5.75 Å². The third-order valence-corrected chi connectivity index (χ3v) is 3.07. The second-order valence-corrected chi connectivity index (χ2v) is 5.58. The Morgan fingerprint density at radius 2 is 2.11 bits per heavy atom. The molecule has 0 bridgehead atoms. The first-order chi connectivity index (χ1) is 8.94. The van der Waals surface area contributed by atoms with Gasteiger partial charge in [-0.3, -0.25) is 4.98 Å². The Morgan fingerprint density at radius 3 is 2.74 bits per heavy atom. The maximum absolute atomic E-state index is 5.85. The van der Waals surface area contributed by atoms with E-state index in [9.17, 15) is 0 Å². The van der Waals surface area contributed by atoms with Gasteiger partial charge in [0.1, 0.15) is 5.75 Å². The summed E-state index contributed by atoms with van der Waals surface area (Å²) in [6.45, 7) is 9.78. The number of aromatic nitrogens is 1. The summed E-state index contributed by atoms with van der Waals surface area (Å²) in [5, 5.41) is 3.38. The fraction of sp³-hybridized carbons (Fsp3) is 0.667. The summed E-state index contributed by atoms with van der Waals surface area (Å²) in [5.74, 6) is 0.898. The van der Waals surface area contributed by atoms with Crippen molar-refractivity contribution in [2.24, 2.45) is 0 Å². The summed E-state index contributed by atoms with van der Waals surface area (Å²) in [6.07, 6.45) is 4.46. The van der Waals surface area contributed by atoms with Crippen LogP contribution in [0.15, 0.2) is 18.5 Å². The normalized spacial score (nSPS) is 11.9.